The van der Waals surface area contributed by atoms with Crippen LogP contribution in [0.1, 0.15) is 72.0 Å². The fourth-order valence-electron chi connectivity index (χ4n) is 6.53. The van der Waals surface area contributed by atoms with E-state index in [1.165, 1.54) is 6.33 Å². The van der Waals surface area contributed by atoms with Crippen molar-refractivity contribution >= 4 is 56.7 Å². The maximum atomic E-state index is 14.7. The van der Waals surface area contributed by atoms with E-state index < -0.39 is 36.4 Å². The van der Waals surface area contributed by atoms with Gasteiger partial charge in [-0.25, -0.2) is 14.8 Å². The van der Waals surface area contributed by atoms with Crippen LogP contribution in [0.15, 0.2) is 71.9 Å². The molecule has 0 radical (unpaired) electrons. The second-order valence-electron chi connectivity index (χ2n) is 12.5. The van der Waals surface area contributed by atoms with Gasteiger partial charge in [-0.15, -0.1) is 11.3 Å². The molecule has 2 amide bonds. The topological polar surface area (TPSA) is 210 Å². The summed E-state index contributed by atoms with van der Waals surface area (Å²) in [5.74, 6) is -3.11. The molecular weight excluding hydrogens is 675 g/mol. The second-order valence-corrected chi connectivity index (χ2v) is 13.5. The van der Waals surface area contributed by atoms with E-state index in [1.54, 1.807) is 43.5 Å². The number of imidazole rings is 1. The highest BCUT2D eigenvalue weighted by Crippen LogP contribution is 2.41. The third-order valence-corrected chi connectivity index (χ3v) is 10.0. The van der Waals surface area contributed by atoms with E-state index >= 15 is 0 Å². The van der Waals surface area contributed by atoms with E-state index in [2.05, 4.69) is 30.6 Å². The van der Waals surface area contributed by atoms with Crippen molar-refractivity contribution in [1.82, 2.24) is 25.3 Å². The van der Waals surface area contributed by atoms with Gasteiger partial charge >= 0.3 is 11.9 Å². The zero-order valence-electron chi connectivity index (χ0n) is 27.7. The fourth-order valence-corrected chi connectivity index (χ4v) is 7.54. The molecule has 2 aromatic carbocycles. The summed E-state index contributed by atoms with van der Waals surface area (Å²) in [4.78, 5) is 81.3. The molecule has 1 fully saturated rings. The van der Waals surface area contributed by atoms with Crippen molar-refractivity contribution in [2.45, 2.75) is 70.0 Å². The Labute approximate surface area is 296 Å². The molecule has 1 aliphatic carbocycles. The summed E-state index contributed by atoms with van der Waals surface area (Å²) in [6.07, 6.45) is 6.88. The molecule has 14 nitrogen and oxygen atoms in total. The minimum absolute atomic E-state index is 0.122. The molecule has 3 aromatic heterocycles. The Kier molecular flexibility index (Phi) is 10.6. The number of rotatable bonds is 13. The number of nitrogens with one attached hydrogen (secondary N) is 4. The number of amides is 2. The van der Waals surface area contributed by atoms with Gasteiger partial charge in [0, 0.05) is 23.7 Å². The number of hydrogen-bond acceptors (Lipinski definition) is 9. The number of carboxylic acids is 2. The number of carboxylic acid groups (broad SMARTS) is 2. The summed E-state index contributed by atoms with van der Waals surface area (Å²) in [6, 6.07) is 13.4. The molecule has 51 heavy (non-hydrogen) atoms. The van der Waals surface area contributed by atoms with Crippen molar-refractivity contribution in [3.63, 3.8) is 0 Å². The molecule has 6 N–H and O–H groups in total. The van der Waals surface area contributed by atoms with Gasteiger partial charge in [-0.2, -0.15) is 0 Å². The zero-order valence-corrected chi connectivity index (χ0v) is 28.5. The summed E-state index contributed by atoms with van der Waals surface area (Å²) >= 11 is 1.11. The monoisotopic (exact) mass is 711 g/mol. The number of carbonyl (C=O) groups excluding carboxylic acids is 2. The van der Waals surface area contributed by atoms with Gasteiger partial charge in [-0.05, 0) is 68.1 Å². The SMILES string of the molecule is Cc1nc2c(-c3cnc[nH]3)cc([C@@H](C(=O)Nc3ccccc3)N(c3ccc(C(=O)N[C@@H](CCC(=O)O)C(=O)O)s3)C3CCCCC3)cc2c(=O)[nH]1. The molecule has 6 rings (SSSR count). The van der Waals surface area contributed by atoms with Gasteiger partial charge in [0.15, 0.2) is 0 Å². The molecular formula is C36H37N7O7S. The summed E-state index contributed by atoms with van der Waals surface area (Å²) in [5.41, 5.74) is 2.37. The largest absolute Gasteiger partial charge is 0.481 e. The van der Waals surface area contributed by atoms with Crippen LogP contribution in [0, 0.1) is 6.92 Å². The summed E-state index contributed by atoms with van der Waals surface area (Å²) < 4.78 is 0. The molecule has 0 saturated heterocycles. The molecule has 264 valence electrons. The van der Waals surface area contributed by atoms with Crippen molar-refractivity contribution in [1.29, 1.82) is 0 Å². The van der Waals surface area contributed by atoms with Crippen molar-refractivity contribution in [3.05, 3.63) is 93.7 Å². The van der Waals surface area contributed by atoms with E-state index in [-0.39, 0.29) is 34.2 Å². The summed E-state index contributed by atoms with van der Waals surface area (Å²) in [5, 5.41) is 25.1. The number of aliphatic carboxylic acids is 2. The maximum absolute atomic E-state index is 14.7. The molecule has 0 bridgehead atoms. The first-order chi connectivity index (χ1) is 24.6. The Balaban J connectivity index is 1.49. The normalized spacial score (nSPS) is 14.5. The van der Waals surface area contributed by atoms with Crippen molar-refractivity contribution in [2.24, 2.45) is 0 Å². The number of anilines is 2. The number of nitrogens with zero attached hydrogens (tertiary/aromatic N) is 3. The predicted molar refractivity (Wildman–Crippen MR) is 192 cm³/mol. The number of aromatic nitrogens is 4. The number of aromatic amines is 2. The van der Waals surface area contributed by atoms with Crippen LogP contribution in [0.3, 0.4) is 0 Å². The van der Waals surface area contributed by atoms with Crippen molar-refractivity contribution in [2.75, 3.05) is 10.2 Å². The number of carbonyl (C=O) groups is 4. The number of para-hydroxylation sites is 1. The lowest BCUT2D eigenvalue weighted by molar-refractivity contribution is -0.140. The van der Waals surface area contributed by atoms with Crippen LogP contribution in [0.4, 0.5) is 10.7 Å². The van der Waals surface area contributed by atoms with Gasteiger partial charge < -0.3 is 35.7 Å². The van der Waals surface area contributed by atoms with Crippen LogP contribution in [0.25, 0.3) is 22.2 Å². The van der Waals surface area contributed by atoms with E-state index in [1.807, 2.05) is 29.2 Å². The Hall–Kier alpha value is -5.83. The molecule has 1 saturated carbocycles. The molecule has 15 heteroatoms. The number of hydrogen-bond donors (Lipinski definition) is 6. The molecule has 3 heterocycles. The van der Waals surface area contributed by atoms with E-state index in [9.17, 15) is 29.1 Å². The van der Waals surface area contributed by atoms with Crippen LogP contribution < -0.4 is 21.1 Å². The summed E-state index contributed by atoms with van der Waals surface area (Å²) in [6.45, 7) is 1.70. The number of H-pyrrole nitrogens is 2. The second kappa shape index (κ2) is 15.4. The van der Waals surface area contributed by atoms with Crippen LogP contribution in [0.2, 0.25) is 0 Å². The van der Waals surface area contributed by atoms with Gasteiger partial charge in [-0.3, -0.25) is 19.2 Å². The van der Waals surface area contributed by atoms with Gasteiger partial charge in [0.05, 0.1) is 39.0 Å². The van der Waals surface area contributed by atoms with Crippen LogP contribution in [-0.4, -0.2) is 66.0 Å². The molecule has 0 aliphatic heterocycles. The minimum Gasteiger partial charge on any atom is -0.481 e. The van der Waals surface area contributed by atoms with Crippen LogP contribution in [0.5, 0.6) is 0 Å². The lowest BCUT2D eigenvalue weighted by Gasteiger charge is -2.40. The average molecular weight is 712 g/mol. The predicted octanol–water partition coefficient (Wildman–Crippen LogP) is 5.25. The van der Waals surface area contributed by atoms with E-state index in [0.717, 1.165) is 43.4 Å². The first-order valence-electron chi connectivity index (χ1n) is 16.6. The van der Waals surface area contributed by atoms with Crippen molar-refractivity contribution in [3.8, 4) is 11.3 Å². The number of benzene rings is 2. The van der Waals surface area contributed by atoms with Gasteiger partial charge in [0.1, 0.15) is 17.9 Å². The van der Waals surface area contributed by atoms with Crippen molar-refractivity contribution < 1.29 is 29.4 Å². The highest BCUT2D eigenvalue weighted by atomic mass is 32.1. The Morgan fingerprint density at radius 2 is 1.80 bits per heavy atom. The van der Waals surface area contributed by atoms with E-state index in [0.29, 0.717) is 38.9 Å². The van der Waals surface area contributed by atoms with Gasteiger partial charge in [0.2, 0.25) is 0 Å². The highest BCUT2D eigenvalue weighted by Gasteiger charge is 2.36. The number of fused-ring (bicyclic) bond motifs is 1. The quantitative estimate of drug-likeness (QED) is 0.0934. The highest BCUT2D eigenvalue weighted by molar-refractivity contribution is 7.18. The maximum Gasteiger partial charge on any atom is 0.326 e. The zero-order chi connectivity index (χ0) is 36.1. The lowest BCUT2D eigenvalue weighted by Crippen LogP contribution is -2.44. The molecule has 0 unspecified atom stereocenters. The molecule has 1 aliphatic rings. The van der Waals surface area contributed by atoms with Crippen LogP contribution in [-0.2, 0) is 14.4 Å². The summed E-state index contributed by atoms with van der Waals surface area (Å²) in [7, 11) is 0. The Morgan fingerprint density at radius 3 is 2.49 bits per heavy atom. The van der Waals surface area contributed by atoms with Gasteiger partial charge in [-0.1, -0.05) is 37.5 Å². The average Bonchev–Trinajstić information content (AvgIpc) is 3.83. The minimum atomic E-state index is -1.40. The van der Waals surface area contributed by atoms with Crippen LogP contribution >= 0.6 is 11.3 Å². The number of thiophene rings is 1. The van der Waals surface area contributed by atoms with E-state index in [4.69, 9.17) is 5.11 Å². The first kappa shape index (κ1) is 35.0. The standard InChI is InChI=1S/C36H37N7O7S/c1-20-39-31-24(27-18-37-19-38-27)16-21(17-25(31)33(46)40-20)32(35(48)41-22-8-4-2-5-9-22)43(23-10-6-3-7-11-23)29-14-13-28(51-29)34(47)42-26(36(49)50)12-15-30(44)45/h2,4-5,8-9,13-14,16-19,23,26,32H,3,6-7,10-12,15H2,1H3,(H,37,38)(H,41,48)(H,42,47)(H,44,45)(H,49,50)(H,39,40,46)/t26-,32-/m0/s1. The lowest BCUT2D eigenvalue weighted by atomic mass is 9.90. The molecule has 2 atom stereocenters. The smallest absolute Gasteiger partial charge is 0.326 e. The van der Waals surface area contributed by atoms with Gasteiger partial charge in [0.25, 0.3) is 17.4 Å². The third-order valence-electron chi connectivity index (χ3n) is 8.91. The fraction of sp³-hybridized carbons (Fsp3) is 0.306. The molecule has 5 aromatic rings. The molecule has 0 spiro atoms. The number of aryl methyl sites for hydroxylation is 1. The first-order valence-corrected chi connectivity index (χ1v) is 17.4. The Morgan fingerprint density at radius 1 is 1.04 bits per heavy atom. The third kappa shape index (κ3) is 7.99. The Bertz CT molecular complexity index is 2110.